The van der Waals surface area contributed by atoms with Crippen LogP contribution in [0.4, 0.5) is 0 Å². The smallest absolute Gasteiger partial charge is 0.233 e. The molecule has 0 aliphatic heterocycles. The fraction of sp³-hybridized carbons (Fsp3) is 0.125. The fourth-order valence-corrected chi connectivity index (χ4v) is 2.57. The van der Waals surface area contributed by atoms with Crippen molar-refractivity contribution in [3.8, 4) is 0 Å². The number of ketones is 2. The van der Waals surface area contributed by atoms with E-state index in [-0.39, 0.29) is 10.5 Å². The van der Waals surface area contributed by atoms with Crippen molar-refractivity contribution in [2.45, 2.75) is 11.8 Å². The molecule has 0 bridgehead atoms. The van der Waals surface area contributed by atoms with Crippen LogP contribution in [-0.4, -0.2) is 26.2 Å². The molecule has 2 rings (SSSR count). The van der Waals surface area contributed by atoms with Crippen molar-refractivity contribution in [2.75, 3.05) is 6.26 Å². The van der Waals surface area contributed by atoms with Gasteiger partial charge in [0.05, 0.1) is 4.90 Å². The second-order valence-electron chi connectivity index (χ2n) is 4.77. The molecule has 0 saturated heterocycles. The van der Waals surface area contributed by atoms with Crippen molar-refractivity contribution in [3.63, 3.8) is 0 Å². The Morgan fingerprint density at radius 1 is 0.857 bits per heavy atom. The molecule has 0 amide bonds. The third-order valence-corrected chi connectivity index (χ3v) is 4.27. The van der Waals surface area contributed by atoms with Gasteiger partial charge in [0.1, 0.15) is 0 Å². The average Bonchev–Trinajstić information content (AvgIpc) is 2.45. The van der Waals surface area contributed by atoms with Crippen LogP contribution >= 0.6 is 0 Å². The van der Waals surface area contributed by atoms with Crippen LogP contribution in [0.25, 0.3) is 0 Å². The van der Waals surface area contributed by atoms with E-state index in [0.29, 0.717) is 5.56 Å². The summed E-state index contributed by atoms with van der Waals surface area (Å²) in [5, 5.41) is 0. The van der Waals surface area contributed by atoms with Gasteiger partial charge in [-0.1, -0.05) is 24.3 Å². The van der Waals surface area contributed by atoms with Gasteiger partial charge >= 0.3 is 0 Å². The summed E-state index contributed by atoms with van der Waals surface area (Å²) in [5.74, 6) is -1.25. The lowest BCUT2D eigenvalue weighted by atomic mass is 9.98. The molecular formula is C16H14O4S. The maximum atomic E-state index is 12.2. The minimum Gasteiger partial charge on any atom is -0.285 e. The second-order valence-corrected chi connectivity index (χ2v) is 6.79. The molecule has 0 atom stereocenters. The molecule has 0 aliphatic carbocycles. The standard InChI is InChI=1S/C16H14O4S/c1-11-5-3-4-6-14(11)16(18)15(17)12-7-9-13(10-8-12)21(2,19)20/h3-10H,1-2H3. The van der Waals surface area contributed by atoms with Gasteiger partial charge in [-0.25, -0.2) is 8.42 Å². The molecule has 0 aromatic heterocycles. The molecule has 0 spiro atoms. The molecule has 108 valence electrons. The molecule has 0 fully saturated rings. The quantitative estimate of drug-likeness (QED) is 0.642. The molecule has 0 radical (unpaired) electrons. The number of aryl methyl sites for hydroxylation is 1. The van der Waals surface area contributed by atoms with Crippen molar-refractivity contribution in [1.82, 2.24) is 0 Å². The molecule has 21 heavy (non-hydrogen) atoms. The average molecular weight is 302 g/mol. The predicted molar refractivity (Wildman–Crippen MR) is 79.4 cm³/mol. The predicted octanol–water partition coefficient (Wildman–Crippen LogP) is 2.46. The van der Waals surface area contributed by atoms with Gasteiger partial charge in [-0.2, -0.15) is 0 Å². The van der Waals surface area contributed by atoms with Gasteiger partial charge in [-0.05, 0) is 36.8 Å². The van der Waals surface area contributed by atoms with Crippen molar-refractivity contribution in [2.24, 2.45) is 0 Å². The fourth-order valence-electron chi connectivity index (χ4n) is 1.93. The van der Waals surface area contributed by atoms with E-state index in [1.807, 2.05) is 0 Å². The summed E-state index contributed by atoms with van der Waals surface area (Å²) in [6.07, 6.45) is 1.09. The summed E-state index contributed by atoms with van der Waals surface area (Å²) < 4.78 is 22.7. The molecule has 0 saturated carbocycles. The van der Waals surface area contributed by atoms with Gasteiger partial charge in [0, 0.05) is 17.4 Å². The Hall–Kier alpha value is -2.27. The van der Waals surface area contributed by atoms with Gasteiger partial charge in [0.2, 0.25) is 11.6 Å². The highest BCUT2D eigenvalue weighted by atomic mass is 32.2. The van der Waals surface area contributed by atoms with Crippen LogP contribution in [0.3, 0.4) is 0 Å². The second kappa shape index (κ2) is 5.61. The molecule has 2 aromatic carbocycles. The molecular weight excluding hydrogens is 288 g/mol. The van der Waals surface area contributed by atoms with Crippen LogP contribution in [0.1, 0.15) is 26.3 Å². The van der Waals surface area contributed by atoms with Gasteiger partial charge in [-0.15, -0.1) is 0 Å². The van der Waals surface area contributed by atoms with Crippen molar-refractivity contribution >= 4 is 21.4 Å². The van der Waals surface area contributed by atoms with Gasteiger partial charge in [-0.3, -0.25) is 9.59 Å². The van der Waals surface area contributed by atoms with E-state index < -0.39 is 21.4 Å². The highest BCUT2D eigenvalue weighted by Gasteiger charge is 2.20. The zero-order chi connectivity index (χ0) is 15.6. The van der Waals surface area contributed by atoms with Crippen molar-refractivity contribution in [3.05, 3.63) is 65.2 Å². The third kappa shape index (κ3) is 3.25. The number of Topliss-reactive ketones (excluding diaryl/α,β-unsaturated/α-hetero) is 2. The summed E-state index contributed by atoms with van der Waals surface area (Å²) in [5.41, 5.74) is 1.26. The number of sulfone groups is 1. The molecule has 4 nitrogen and oxygen atoms in total. The summed E-state index contributed by atoms with van der Waals surface area (Å²) in [4.78, 5) is 24.5. The first-order valence-electron chi connectivity index (χ1n) is 6.25. The van der Waals surface area contributed by atoms with E-state index in [4.69, 9.17) is 0 Å². The number of rotatable bonds is 4. The number of carbonyl (C=O) groups excluding carboxylic acids is 2. The Labute approximate surface area is 123 Å². The Bertz CT molecular complexity index is 802. The minimum atomic E-state index is -3.32. The highest BCUT2D eigenvalue weighted by molar-refractivity contribution is 7.90. The Morgan fingerprint density at radius 2 is 1.43 bits per heavy atom. The lowest BCUT2D eigenvalue weighted by Crippen LogP contribution is -2.15. The van der Waals surface area contributed by atoms with Crippen LogP contribution in [0.2, 0.25) is 0 Å². The number of hydrogen-bond acceptors (Lipinski definition) is 4. The van der Waals surface area contributed by atoms with Crippen LogP contribution < -0.4 is 0 Å². The minimum absolute atomic E-state index is 0.113. The van der Waals surface area contributed by atoms with Crippen molar-refractivity contribution in [1.29, 1.82) is 0 Å². The van der Waals surface area contributed by atoms with Crippen LogP contribution in [0.15, 0.2) is 53.4 Å². The largest absolute Gasteiger partial charge is 0.285 e. The van der Waals surface area contributed by atoms with E-state index in [2.05, 4.69) is 0 Å². The monoisotopic (exact) mass is 302 g/mol. The van der Waals surface area contributed by atoms with Gasteiger partial charge in [0.25, 0.3) is 0 Å². The molecule has 0 unspecified atom stereocenters. The zero-order valence-electron chi connectivity index (χ0n) is 11.7. The third-order valence-electron chi connectivity index (χ3n) is 3.14. The number of carbonyl (C=O) groups is 2. The summed E-state index contributed by atoms with van der Waals surface area (Å²) in [6.45, 7) is 1.76. The Morgan fingerprint density at radius 3 is 1.95 bits per heavy atom. The normalized spacial score (nSPS) is 11.1. The van der Waals surface area contributed by atoms with Crippen LogP contribution in [-0.2, 0) is 9.84 Å². The number of hydrogen-bond donors (Lipinski definition) is 0. The summed E-state index contributed by atoms with van der Waals surface area (Å²) >= 11 is 0. The van der Waals surface area contributed by atoms with E-state index >= 15 is 0 Å². The summed E-state index contributed by atoms with van der Waals surface area (Å²) in [6, 6.07) is 12.2. The van der Waals surface area contributed by atoms with E-state index in [1.54, 1.807) is 31.2 Å². The van der Waals surface area contributed by atoms with Crippen molar-refractivity contribution < 1.29 is 18.0 Å². The highest BCUT2D eigenvalue weighted by Crippen LogP contribution is 2.14. The van der Waals surface area contributed by atoms with Gasteiger partial charge in [0.15, 0.2) is 9.84 Å². The first-order valence-corrected chi connectivity index (χ1v) is 8.14. The van der Waals surface area contributed by atoms with Crippen LogP contribution in [0.5, 0.6) is 0 Å². The lowest BCUT2D eigenvalue weighted by molar-refractivity contribution is 0.0816. The van der Waals surface area contributed by atoms with E-state index in [9.17, 15) is 18.0 Å². The SMILES string of the molecule is Cc1ccccc1C(=O)C(=O)c1ccc(S(C)(=O)=O)cc1. The van der Waals surface area contributed by atoms with Gasteiger partial charge < -0.3 is 0 Å². The summed E-state index contributed by atoms with van der Waals surface area (Å²) in [7, 11) is -3.32. The molecule has 2 aromatic rings. The first-order chi connectivity index (χ1) is 9.80. The zero-order valence-corrected chi connectivity index (χ0v) is 12.5. The topological polar surface area (TPSA) is 68.3 Å². The Kier molecular flexibility index (Phi) is 4.04. The molecule has 0 aliphatic rings. The number of benzene rings is 2. The first kappa shape index (κ1) is 15.1. The molecule has 0 heterocycles. The van der Waals surface area contributed by atoms with E-state index in [1.165, 1.54) is 24.3 Å². The lowest BCUT2D eigenvalue weighted by Gasteiger charge is -2.04. The maximum absolute atomic E-state index is 12.2. The van der Waals surface area contributed by atoms with E-state index in [0.717, 1.165) is 11.8 Å². The molecule has 0 N–H and O–H groups in total. The maximum Gasteiger partial charge on any atom is 0.233 e. The Balaban J connectivity index is 2.33. The molecule has 5 heteroatoms. The van der Waals surface area contributed by atoms with Crippen LogP contribution in [0, 0.1) is 6.92 Å².